The van der Waals surface area contributed by atoms with Gasteiger partial charge in [0.05, 0.1) is 6.04 Å². The molecule has 2 aliphatic rings. The third-order valence-corrected chi connectivity index (χ3v) is 22.0. The summed E-state index contributed by atoms with van der Waals surface area (Å²) in [7, 11) is 0. The molecule has 130 heavy (non-hydrogen) atoms. The van der Waals surface area contributed by atoms with Gasteiger partial charge in [0.25, 0.3) is 0 Å². The number of aliphatic carboxylic acids is 1. The molecule has 17 atom stereocenters. The summed E-state index contributed by atoms with van der Waals surface area (Å²) in [5.74, 6) is -14.9. The summed E-state index contributed by atoms with van der Waals surface area (Å²) in [6, 6.07) is -20.8. The van der Waals surface area contributed by atoms with Gasteiger partial charge in [0.1, 0.15) is 96.7 Å². The molecule has 43 heteroatoms. The number of nitrogens with one attached hydrogen (secondary N) is 14. The van der Waals surface area contributed by atoms with Crippen molar-refractivity contribution in [1.29, 1.82) is 0 Å². The van der Waals surface area contributed by atoms with E-state index in [2.05, 4.69) is 84.4 Å². The standard InChI is InChI=1S/C87H159N25O18/c1-45(2)39-60(76(120)98-53(16)70(114)104-62(41-47(5)6)78(122)107-61(40-46(3)4)77(121)100-55(18)83(127)112-38-26-32-67(112)85(129)130)106-79(123)64(43-49(9)10)108-82(126)68(51(13)14)110-71(115)54(17)99-81(125)66-31-25-37-111(66)84(128)65(44-50(11)12)109-80(124)63(42-48(7)8)105-69(113)52(15)97-73(117)57(28-19-21-33-88)102-74(118)58(29-20-22-34-89)103-75(119)59(30-24-36-96-87(93)94)101-72(116)56(90)27-23-35-95-86(91)92/h45-68H,19-44,88-90H2,1-18H3,(H,97,117)(H,98,120)(H,99,125)(H,100,121)(H,101,116)(H,102,118)(H,103,119)(H,104,114)(H,105,113)(H,106,123)(H,107,122)(H,108,126)(H,109,124)(H,110,115)(H,129,130)(H4,91,92,95)(H4,93,94,96)/t52-,53-,54-,55-,56-,57-,58-,59-,60-,61-,62-,63-,64-,65-,66-,67-,68-/m0/s1. The van der Waals surface area contributed by atoms with E-state index in [9.17, 15) is 86.6 Å². The predicted octanol–water partition coefficient (Wildman–Crippen LogP) is -2.46. The summed E-state index contributed by atoms with van der Waals surface area (Å²) in [6.07, 6.45) is 4.25. The molecule has 2 aliphatic heterocycles. The number of guanidine groups is 2. The number of nitrogens with two attached hydrogens (primary N) is 7. The molecule has 2 heterocycles. The third-order valence-electron chi connectivity index (χ3n) is 22.0. The largest absolute Gasteiger partial charge is 0.480 e. The molecule has 16 amide bonds. The number of carbonyl (C=O) groups excluding carboxylic acids is 16. The highest BCUT2D eigenvalue weighted by Gasteiger charge is 2.43. The fourth-order valence-corrected chi connectivity index (χ4v) is 15.0. The summed E-state index contributed by atoms with van der Waals surface area (Å²) < 4.78 is 0. The Labute approximate surface area is 766 Å². The highest BCUT2D eigenvalue weighted by Crippen LogP contribution is 2.24. The number of hydrogen-bond donors (Lipinski definition) is 22. The highest BCUT2D eigenvalue weighted by atomic mass is 16.4. The molecule has 0 unspecified atom stereocenters. The van der Waals surface area contributed by atoms with Gasteiger partial charge in [0.15, 0.2) is 11.9 Å². The second-order valence-electron chi connectivity index (χ2n) is 37.3. The fourth-order valence-electron chi connectivity index (χ4n) is 15.0. The number of hydrogen-bond acceptors (Lipinski definition) is 22. The van der Waals surface area contributed by atoms with E-state index < -0.39 is 209 Å². The zero-order valence-corrected chi connectivity index (χ0v) is 80.0. The molecule has 2 saturated heterocycles. The van der Waals surface area contributed by atoms with Crippen molar-refractivity contribution in [3.05, 3.63) is 0 Å². The van der Waals surface area contributed by atoms with Gasteiger partial charge in [-0.3, -0.25) is 86.7 Å². The molecule has 2 fully saturated rings. The van der Waals surface area contributed by atoms with Crippen LogP contribution in [-0.4, -0.2) is 269 Å². The van der Waals surface area contributed by atoms with E-state index >= 15 is 0 Å². The van der Waals surface area contributed by atoms with Gasteiger partial charge in [0, 0.05) is 26.2 Å². The molecule has 0 bridgehead atoms. The Hall–Kier alpha value is -10.6. The molecule has 0 aliphatic carbocycles. The summed E-state index contributed by atoms with van der Waals surface area (Å²) >= 11 is 0. The third kappa shape index (κ3) is 42.5. The van der Waals surface area contributed by atoms with Gasteiger partial charge in [-0.2, -0.15) is 0 Å². The maximum Gasteiger partial charge on any atom is 0.326 e. The summed E-state index contributed by atoms with van der Waals surface area (Å²) in [4.78, 5) is 249. The van der Waals surface area contributed by atoms with E-state index in [1.54, 1.807) is 41.5 Å². The molecule has 0 spiro atoms. The quantitative estimate of drug-likeness (QED) is 0.0171. The molecule has 0 aromatic heterocycles. The Morgan fingerprint density at radius 2 is 0.600 bits per heavy atom. The van der Waals surface area contributed by atoms with Crippen molar-refractivity contribution in [1.82, 2.24) is 84.2 Å². The van der Waals surface area contributed by atoms with Crippen molar-refractivity contribution >= 4 is 112 Å². The van der Waals surface area contributed by atoms with Crippen molar-refractivity contribution in [2.75, 3.05) is 39.3 Å². The smallest absolute Gasteiger partial charge is 0.326 e. The number of nitrogens with zero attached hydrogens (tertiary/aromatic N) is 4. The highest BCUT2D eigenvalue weighted by molar-refractivity contribution is 6.01. The number of aliphatic imine (C=N–C) groups is 2. The van der Waals surface area contributed by atoms with Crippen LogP contribution in [0.4, 0.5) is 0 Å². The van der Waals surface area contributed by atoms with E-state index in [0.29, 0.717) is 44.9 Å². The first-order chi connectivity index (χ1) is 60.8. The van der Waals surface area contributed by atoms with Crippen LogP contribution in [0.3, 0.4) is 0 Å². The molecular formula is C87H159N25O18. The van der Waals surface area contributed by atoms with Crippen LogP contribution in [0.1, 0.15) is 253 Å². The average Bonchev–Trinajstić information content (AvgIpc) is 1.67. The Morgan fingerprint density at radius 3 is 0.969 bits per heavy atom. The Bertz CT molecular complexity index is 3780. The zero-order valence-electron chi connectivity index (χ0n) is 80.0. The fraction of sp³-hybridized carbons (Fsp3) is 0.782. The molecule has 740 valence electrons. The first kappa shape index (κ1) is 115. The van der Waals surface area contributed by atoms with Crippen molar-refractivity contribution in [2.24, 2.45) is 91.5 Å². The topological polar surface area (TPSA) is 692 Å². The van der Waals surface area contributed by atoms with Crippen LogP contribution in [0.25, 0.3) is 0 Å². The minimum Gasteiger partial charge on any atom is -0.480 e. The lowest BCUT2D eigenvalue weighted by molar-refractivity contribution is -0.149. The molecule has 29 N–H and O–H groups in total. The van der Waals surface area contributed by atoms with E-state index in [-0.39, 0.29) is 170 Å². The average molecular weight is 1840 g/mol. The number of carboxylic acids is 1. The van der Waals surface area contributed by atoms with Crippen LogP contribution in [0, 0.1) is 41.4 Å². The second kappa shape index (κ2) is 58.9. The van der Waals surface area contributed by atoms with Gasteiger partial charge >= 0.3 is 5.97 Å². The number of likely N-dealkylation sites (tertiary alicyclic amines) is 2. The normalized spacial score (nSPS) is 17.3. The molecule has 0 radical (unpaired) electrons. The monoisotopic (exact) mass is 1840 g/mol. The van der Waals surface area contributed by atoms with Gasteiger partial charge < -0.3 is 129 Å². The lowest BCUT2D eigenvalue weighted by Gasteiger charge is -2.31. The number of amides is 16. The lowest BCUT2D eigenvalue weighted by atomic mass is 9.98. The predicted molar refractivity (Wildman–Crippen MR) is 492 cm³/mol. The van der Waals surface area contributed by atoms with Crippen molar-refractivity contribution in [3.63, 3.8) is 0 Å². The second-order valence-corrected chi connectivity index (χ2v) is 37.3. The van der Waals surface area contributed by atoms with Crippen LogP contribution >= 0.6 is 0 Å². The molecule has 2 rings (SSSR count). The van der Waals surface area contributed by atoms with E-state index in [1.807, 2.05) is 55.4 Å². The first-order valence-electron chi connectivity index (χ1n) is 46.2. The summed E-state index contributed by atoms with van der Waals surface area (Å²) in [5, 5.41) is 47.6. The van der Waals surface area contributed by atoms with Gasteiger partial charge in [-0.25, -0.2) is 4.79 Å². The van der Waals surface area contributed by atoms with Gasteiger partial charge in [-0.15, -0.1) is 0 Å². The molecule has 0 aromatic carbocycles. The van der Waals surface area contributed by atoms with Crippen molar-refractivity contribution in [2.45, 2.75) is 356 Å². The molecule has 0 saturated carbocycles. The van der Waals surface area contributed by atoms with Crippen molar-refractivity contribution < 1.29 is 86.6 Å². The Kier molecular flexibility index (Phi) is 52.4. The minimum atomic E-state index is -1.33. The van der Waals surface area contributed by atoms with Gasteiger partial charge in [-0.05, 0) is 211 Å². The van der Waals surface area contributed by atoms with E-state index in [4.69, 9.17) is 40.1 Å². The van der Waals surface area contributed by atoms with Crippen LogP contribution in [-0.2, 0) is 81.5 Å². The Morgan fingerprint density at radius 1 is 0.315 bits per heavy atom. The first-order valence-corrected chi connectivity index (χ1v) is 46.2. The molecule has 0 aromatic rings. The van der Waals surface area contributed by atoms with E-state index in [1.165, 1.54) is 37.5 Å². The van der Waals surface area contributed by atoms with E-state index in [0.717, 1.165) is 0 Å². The number of rotatable bonds is 60. The maximum atomic E-state index is 14.8. The number of carboxylic acid groups (broad SMARTS) is 1. The van der Waals surface area contributed by atoms with Crippen LogP contribution < -0.4 is 115 Å². The molecule has 43 nitrogen and oxygen atoms in total. The number of carbonyl (C=O) groups is 17. The van der Waals surface area contributed by atoms with Crippen LogP contribution in [0.2, 0.25) is 0 Å². The lowest BCUT2D eigenvalue weighted by Crippen LogP contribution is -2.61. The van der Waals surface area contributed by atoms with Crippen molar-refractivity contribution in [3.8, 4) is 0 Å². The van der Waals surface area contributed by atoms with Gasteiger partial charge in [0.2, 0.25) is 94.5 Å². The zero-order chi connectivity index (χ0) is 98.7. The summed E-state index contributed by atoms with van der Waals surface area (Å²) in [5.41, 5.74) is 39.7. The Balaban J connectivity index is 2.32. The summed E-state index contributed by atoms with van der Waals surface area (Å²) in [6.45, 7) is 31.8. The SMILES string of the molecule is CC(C)C[C@H](NC(=O)[C@H](C)NC(=O)[C@H](CC(C)C)NC(=O)[C@H](CC(C)C)NC(=O)[C@@H](NC(=O)[C@H](C)NC(=O)[C@@H]1CCCN1C(=O)[C@H](CC(C)C)NC(=O)[C@H](CC(C)C)NC(=O)[C@H](C)NC(=O)[C@H](CCCCN)NC(=O)[C@H](CCCCN)NC(=O)[C@H](CCCN=C(N)N)NC(=O)[C@@H](N)CCCN=C(N)N)C(C)C)C(=O)N[C@@H](CC(C)C)C(=O)N[C@@H](C)C(=O)N1CCC[C@H]1C(=O)O. The van der Waals surface area contributed by atoms with Gasteiger partial charge in [-0.1, -0.05) is 96.9 Å². The molecular weight excluding hydrogens is 1680 g/mol. The maximum absolute atomic E-state index is 14.8. The minimum absolute atomic E-state index is 0.0199. The van der Waals surface area contributed by atoms with Crippen LogP contribution in [0.5, 0.6) is 0 Å². The van der Waals surface area contributed by atoms with Crippen LogP contribution in [0.15, 0.2) is 9.98 Å². The number of unbranched alkanes of at least 4 members (excludes halogenated alkanes) is 2.